The van der Waals surface area contributed by atoms with Crippen molar-refractivity contribution in [2.45, 2.75) is 63.2 Å². The van der Waals surface area contributed by atoms with Crippen LogP contribution < -0.4 is 20.9 Å². The number of carbonyl (C=O) groups is 1. The minimum absolute atomic E-state index is 0.158. The highest BCUT2D eigenvalue weighted by Gasteiger charge is 2.54. The van der Waals surface area contributed by atoms with Gasteiger partial charge in [0.05, 0.1) is 18.9 Å². The highest BCUT2D eigenvalue weighted by atomic mass is 35.5. The standard InChI is InChI=1S/C22H28ClFN3O9P/c1-12(2)34-19(30)13(3)26-37(32,36-14-8-6-5-7-9-14)33-11-16-17(28)22(4,23)20(35-16)27-10-15(24)18(29)25-21(27)31/h5-10,12-13,16-17,20,28H,11H2,1-4H3,(H,26,32)(H,25,29,31)/t13-,16-,17-,20-,22-,37?/m1/s1. The predicted octanol–water partition coefficient (Wildman–Crippen LogP) is 2.06. The molecule has 0 saturated carbocycles. The molecule has 0 bridgehead atoms. The van der Waals surface area contributed by atoms with Gasteiger partial charge in [-0.25, -0.2) is 9.36 Å². The van der Waals surface area contributed by atoms with Crippen molar-refractivity contribution in [1.29, 1.82) is 0 Å². The van der Waals surface area contributed by atoms with Crippen LogP contribution >= 0.6 is 19.3 Å². The first-order valence-electron chi connectivity index (χ1n) is 11.2. The summed E-state index contributed by atoms with van der Waals surface area (Å²) in [5, 5.41) is 13.3. The molecule has 1 fully saturated rings. The Bertz CT molecular complexity index is 1270. The number of hydrogen-bond donors (Lipinski definition) is 3. The molecule has 1 unspecified atom stereocenters. The quantitative estimate of drug-likeness (QED) is 0.222. The monoisotopic (exact) mass is 563 g/mol. The molecule has 15 heteroatoms. The van der Waals surface area contributed by atoms with Gasteiger partial charge in [-0.1, -0.05) is 18.2 Å². The molecular formula is C22H28ClFN3O9P. The van der Waals surface area contributed by atoms with E-state index < -0.39 is 72.8 Å². The van der Waals surface area contributed by atoms with E-state index in [2.05, 4.69) is 5.09 Å². The molecule has 6 atom stereocenters. The van der Waals surface area contributed by atoms with Crippen LogP contribution in [0.5, 0.6) is 5.75 Å². The number of H-pyrrole nitrogens is 1. The Balaban J connectivity index is 1.82. The van der Waals surface area contributed by atoms with Gasteiger partial charge in [-0.2, -0.15) is 9.48 Å². The van der Waals surface area contributed by atoms with Crippen molar-refractivity contribution in [3.63, 3.8) is 0 Å². The first kappa shape index (κ1) is 29.0. The minimum Gasteiger partial charge on any atom is -0.462 e. The number of benzene rings is 1. The first-order valence-corrected chi connectivity index (χ1v) is 13.2. The van der Waals surface area contributed by atoms with Crippen molar-refractivity contribution in [2.75, 3.05) is 6.61 Å². The number of carbonyl (C=O) groups excluding carboxylic acids is 1. The zero-order valence-corrected chi connectivity index (χ0v) is 22.1. The first-order chi connectivity index (χ1) is 17.2. The molecule has 1 aromatic carbocycles. The molecule has 1 aliphatic heterocycles. The van der Waals surface area contributed by atoms with E-state index in [0.717, 1.165) is 0 Å². The predicted molar refractivity (Wildman–Crippen MR) is 130 cm³/mol. The molecule has 3 rings (SSSR count). The molecule has 2 aromatic rings. The van der Waals surface area contributed by atoms with Gasteiger partial charge < -0.3 is 19.1 Å². The van der Waals surface area contributed by atoms with E-state index in [1.54, 1.807) is 37.0 Å². The smallest absolute Gasteiger partial charge is 0.459 e. The Morgan fingerprint density at radius 2 is 1.97 bits per heavy atom. The Morgan fingerprint density at radius 3 is 2.59 bits per heavy atom. The third kappa shape index (κ3) is 6.86. The number of aliphatic hydroxyl groups excluding tert-OH is 1. The molecule has 3 N–H and O–H groups in total. The number of nitrogens with zero attached hydrogens (tertiary/aromatic N) is 1. The SMILES string of the molecule is CC(C)OC(=O)[C@@H](C)NP(=O)(OC[C@H]1O[C@@H](n2cc(F)c(=O)[nH]c2=O)[C@](C)(Cl)[C@@H]1O)Oc1ccccc1. The average Bonchev–Trinajstić information content (AvgIpc) is 3.03. The number of para-hydroxylation sites is 1. The van der Waals surface area contributed by atoms with E-state index in [4.69, 9.17) is 30.1 Å². The summed E-state index contributed by atoms with van der Waals surface area (Å²) >= 11 is 6.45. The molecule has 1 aliphatic rings. The molecule has 0 spiro atoms. The van der Waals surface area contributed by atoms with Gasteiger partial charge in [0.1, 0.15) is 28.9 Å². The summed E-state index contributed by atoms with van der Waals surface area (Å²) in [5.41, 5.74) is -2.25. The number of ether oxygens (including phenoxy) is 2. The summed E-state index contributed by atoms with van der Waals surface area (Å²) in [6.07, 6.45) is -4.03. The molecular weight excluding hydrogens is 536 g/mol. The maximum Gasteiger partial charge on any atom is 0.459 e. The Kier molecular flexibility index (Phi) is 8.99. The van der Waals surface area contributed by atoms with Crippen molar-refractivity contribution < 1.29 is 37.4 Å². The third-order valence-electron chi connectivity index (χ3n) is 5.33. The zero-order valence-electron chi connectivity index (χ0n) is 20.4. The number of aromatic amines is 1. The fourth-order valence-corrected chi connectivity index (χ4v) is 5.29. The third-order valence-corrected chi connectivity index (χ3v) is 7.38. The van der Waals surface area contributed by atoms with Gasteiger partial charge in [0.2, 0.25) is 5.82 Å². The van der Waals surface area contributed by atoms with E-state index in [-0.39, 0.29) is 5.75 Å². The zero-order chi connectivity index (χ0) is 27.5. The van der Waals surface area contributed by atoms with Gasteiger partial charge in [-0.05, 0) is 39.8 Å². The largest absolute Gasteiger partial charge is 0.462 e. The van der Waals surface area contributed by atoms with Crippen LogP contribution in [0.25, 0.3) is 0 Å². The van der Waals surface area contributed by atoms with Crippen LogP contribution in [0, 0.1) is 5.82 Å². The van der Waals surface area contributed by atoms with Crippen LogP contribution in [0.4, 0.5) is 4.39 Å². The summed E-state index contributed by atoms with van der Waals surface area (Å²) in [7, 11) is -4.29. The summed E-state index contributed by atoms with van der Waals surface area (Å²) in [6, 6.07) is 6.88. The van der Waals surface area contributed by atoms with E-state index in [1.165, 1.54) is 26.0 Å². The average molecular weight is 564 g/mol. The molecule has 0 amide bonds. The second-order valence-corrected chi connectivity index (χ2v) is 11.3. The molecule has 204 valence electrons. The van der Waals surface area contributed by atoms with E-state index in [9.17, 15) is 28.4 Å². The summed E-state index contributed by atoms with van der Waals surface area (Å²) in [5.74, 6) is -1.82. The molecule has 0 aliphatic carbocycles. The number of halogens is 2. The van der Waals surface area contributed by atoms with Gasteiger partial charge in [0.15, 0.2) is 6.23 Å². The van der Waals surface area contributed by atoms with Crippen LogP contribution in [0.2, 0.25) is 0 Å². The molecule has 0 radical (unpaired) electrons. The fourth-order valence-electron chi connectivity index (χ4n) is 3.49. The summed E-state index contributed by atoms with van der Waals surface area (Å²) in [6.45, 7) is 5.46. The van der Waals surface area contributed by atoms with Gasteiger partial charge in [0, 0.05) is 0 Å². The van der Waals surface area contributed by atoms with Crippen molar-refractivity contribution in [2.24, 2.45) is 0 Å². The van der Waals surface area contributed by atoms with E-state index >= 15 is 0 Å². The number of hydrogen-bond acceptors (Lipinski definition) is 9. The number of esters is 1. The van der Waals surface area contributed by atoms with Gasteiger partial charge in [-0.3, -0.25) is 23.7 Å². The molecule has 1 aromatic heterocycles. The van der Waals surface area contributed by atoms with Crippen molar-refractivity contribution in [1.82, 2.24) is 14.6 Å². The highest BCUT2D eigenvalue weighted by molar-refractivity contribution is 7.52. The van der Waals surface area contributed by atoms with E-state index in [0.29, 0.717) is 10.8 Å². The van der Waals surface area contributed by atoms with E-state index in [1.807, 2.05) is 0 Å². The lowest BCUT2D eigenvalue weighted by Gasteiger charge is -2.26. The van der Waals surface area contributed by atoms with Crippen LogP contribution in [0.1, 0.15) is 33.9 Å². The fraction of sp³-hybridized carbons (Fsp3) is 0.500. The molecule has 37 heavy (non-hydrogen) atoms. The molecule has 12 nitrogen and oxygen atoms in total. The van der Waals surface area contributed by atoms with Gasteiger partial charge >= 0.3 is 19.4 Å². The lowest BCUT2D eigenvalue weighted by molar-refractivity contribution is -0.149. The Morgan fingerprint density at radius 1 is 1.32 bits per heavy atom. The normalized spacial score (nSPS) is 26.0. The number of aliphatic hydroxyl groups is 1. The minimum atomic E-state index is -4.29. The van der Waals surface area contributed by atoms with Crippen LogP contribution in [0.15, 0.2) is 46.1 Å². The van der Waals surface area contributed by atoms with Crippen LogP contribution in [-0.4, -0.2) is 56.5 Å². The maximum absolute atomic E-state index is 13.8. The van der Waals surface area contributed by atoms with Crippen molar-refractivity contribution in [3.05, 3.63) is 63.2 Å². The van der Waals surface area contributed by atoms with Crippen molar-refractivity contribution >= 4 is 25.3 Å². The lowest BCUT2D eigenvalue weighted by Crippen LogP contribution is -2.43. The number of alkyl halides is 1. The van der Waals surface area contributed by atoms with Gasteiger partial charge in [-0.15, -0.1) is 11.6 Å². The number of nitrogens with one attached hydrogen (secondary N) is 2. The Hall–Kier alpha value is -2.54. The lowest BCUT2D eigenvalue weighted by atomic mass is 10.0. The van der Waals surface area contributed by atoms with Crippen LogP contribution in [-0.2, 0) is 23.4 Å². The molecule has 2 heterocycles. The van der Waals surface area contributed by atoms with Crippen LogP contribution in [0.3, 0.4) is 0 Å². The molecule has 1 saturated heterocycles. The second-order valence-electron chi connectivity index (χ2n) is 8.80. The Labute approximate surface area is 216 Å². The van der Waals surface area contributed by atoms with Crippen molar-refractivity contribution in [3.8, 4) is 5.75 Å². The second kappa shape index (κ2) is 11.5. The summed E-state index contributed by atoms with van der Waals surface area (Å²) in [4.78, 5) is 36.0. The highest BCUT2D eigenvalue weighted by Crippen LogP contribution is 2.48. The van der Waals surface area contributed by atoms with Gasteiger partial charge in [0.25, 0.3) is 5.56 Å². The topological polar surface area (TPSA) is 158 Å². The summed E-state index contributed by atoms with van der Waals surface area (Å²) < 4.78 is 50.0. The maximum atomic E-state index is 13.8. The number of rotatable bonds is 10. The number of aromatic nitrogens is 2.